The molecule has 0 amide bonds. The first-order valence-corrected chi connectivity index (χ1v) is 7.53. The Bertz CT molecular complexity index is 927. The molecule has 0 saturated heterocycles. The van der Waals surface area contributed by atoms with E-state index < -0.39 is 24.4 Å². The monoisotopic (exact) mass is 368 g/mol. The van der Waals surface area contributed by atoms with Crippen LogP contribution in [0.2, 0.25) is 0 Å². The van der Waals surface area contributed by atoms with Gasteiger partial charge in [0.25, 0.3) is 0 Å². The number of halogens is 5. The maximum Gasteiger partial charge on any atom is 0.422 e. The molecule has 0 fully saturated rings. The first-order valence-electron chi connectivity index (χ1n) is 7.53. The molecule has 136 valence electrons. The van der Waals surface area contributed by atoms with Crippen LogP contribution in [0.25, 0.3) is 21.9 Å². The standard InChI is InChI=1S/C19H13F5O2/c1-25-15-8-16(20)18(17(21)9-15)13-3-2-12-7-14(5-4-11(12)6-13)26-10-19(22,23)24/h2-9H,10H2,1H3. The normalized spacial score (nSPS) is 11.6. The van der Waals surface area contributed by atoms with Gasteiger partial charge < -0.3 is 9.47 Å². The van der Waals surface area contributed by atoms with Gasteiger partial charge in [0.05, 0.1) is 12.7 Å². The van der Waals surface area contributed by atoms with Crippen LogP contribution in [0.15, 0.2) is 48.5 Å². The van der Waals surface area contributed by atoms with Gasteiger partial charge in [-0.2, -0.15) is 13.2 Å². The van der Waals surface area contributed by atoms with Gasteiger partial charge in [-0.3, -0.25) is 0 Å². The lowest BCUT2D eigenvalue weighted by molar-refractivity contribution is -0.153. The van der Waals surface area contributed by atoms with Crippen LogP contribution < -0.4 is 9.47 Å². The highest BCUT2D eigenvalue weighted by atomic mass is 19.4. The molecule has 3 rings (SSSR count). The summed E-state index contributed by atoms with van der Waals surface area (Å²) >= 11 is 0. The fourth-order valence-electron chi connectivity index (χ4n) is 2.58. The third-order valence-electron chi connectivity index (χ3n) is 3.75. The molecule has 0 bridgehead atoms. The van der Waals surface area contributed by atoms with Crippen molar-refractivity contribution in [2.75, 3.05) is 13.7 Å². The zero-order valence-electron chi connectivity index (χ0n) is 13.5. The number of hydrogen-bond donors (Lipinski definition) is 0. The Morgan fingerprint density at radius 3 is 2.04 bits per heavy atom. The molecule has 0 heterocycles. The number of rotatable bonds is 4. The SMILES string of the molecule is COc1cc(F)c(-c2ccc3cc(OCC(F)(F)F)ccc3c2)c(F)c1. The number of methoxy groups -OCH3 is 1. The van der Waals surface area contributed by atoms with Crippen LogP contribution in [0.1, 0.15) is 0 Å². The van der Waals surface area contributed by atoms with Crippen molar-refractivity contribution in [1.82, 2.24) is 0 Å². The predicted molar refractivity (Wildman–Crippen MR) is 87.4 cm³/mol. The summed E-state index contributed by atoms with van der Waals surface area (Å²) in [4.78, 5) is 0. The van der Waals surface area contributed by atoms with Gasteiger partial charge in [0, 0.05) is 12.1 Å². The van der Waals surface area contributed by atoms with E-state index in [1.807, 2.05) is 0 Å². The summed E-state index contributed by atoms with van der Waals surface area (Å²) in [6.45, 7) is -1.39. The van der Waals surface area contributed by atoms with Crippen LogP contribution in [0.3, 0.4) is 0 Å². The third-order valence-corrected chi connectivity index (χ3v) is 3.75. The Morgan fingerprint density at radius 1 is 0.808 bits per heavy atom. The van der Waals surface area contributed by atoms with Gasteiger partial charge in [-0.1, -0.05) is 18.2 Å². The van der Waals surface area contributed by atoms with E-state index in [1.54, 1.807) is 12.1 Å². The van der Waals surface area contributed by atoms with Crippen LogP contribution in [0, 0.1) is 11.6 Å². The quantitative estimate of drug-likeness (QED) is 0.547. The first-order chi connectivity index (χ1) is 12.3. The molecule has 0 aliphatic heterocycles. The maximum absolute atomic E-state index is 14.2. The molecule has 0 N–H and O–H groups in total. The maximum atomic E-state index is 14.2. The number of alkyl halides is 3. The Balaban J connectivity index is 1.96. The summed E-state index contributed by atoms with van der Waals surface area (Å²) in [5, 5.41) is 1.19. The van der Waals surface area contributed by atoms with E-state index in [1.165, 1.54) is 31.4 Å². The fourth-order valence-corrected chi connectivity index (χ4v) is 2.58. The number of benzene rings is 3. The molecule has 0 saturated carbocycles. The zero-order valence-corrected chi connectivity index (χ0v) is 13.5. The van der Waals surface area contributed by atoms with Gasteiger partial charge in [-0.15, -0.1) is 0 Å². The third kappa shape index (κ3) is 3.87. The van der Waals surface area contributed by atoms with Crippen molar-refractivity contribution >= 4 is 10.8 Å². The van der Waals surface area contributed by atoms with Crippen molar-refractivity contribution in [1.29, 1.82) is 0 Å². The summed E-state index contributed by atoms with van der Waals surface area (Å²) in [5.41, 5.74) is 0.101. The largest absolute Gasteiger partial charge is 0.497 e. The van der Waals surface area contributed by atoms with Crippen LogP contribution in [0.4, 0.5) is 22.0 Å². The van der Waals surface area contributed by atoms with Gasteiger partial charge >= 0.3 is 6.18 Å². The average Bonchev–Trinajstić information content (AvgIpc) is 2.58. The van der Waals surface area contributed by atoms with E-state index in [-0.39, 0.29) is 17.1 Å². The molecule has 3 aromatic carbocycles. The van der Waals surface area contributed by atoms with Crippen molar-refractivity contribution in [3.8, 4) is 22.6 Å². The van der Waals surface area contributed by atoms with Crippen LogP contribution in [-0.2, 0) is 0 Å². The molecule has 0 atom stereocenters. The summed E-state index contributed by atoms with van der Waals surface area (Å²) in [6.07, 6.45) is -4.43. The summed E-state index contributed by atoms with van der Waals surface area (Å²) in [5.74, 6) is -1.42. The number of hydrogen-bond acceptors (Lipinski definition) is 2. The lowest BCUT2D eigenvalue weighted by Gasteiger charge is -2.11. The van der Waals surface area contributed by atoms with E-state index in [0.29, 0.717) is 16.3 Å². The van der Waals surface area contributed by atoms with Gasteiger partial charge in [0.1, 0.15) is 23.1 Å². The Morgan fingerprint density at radius 2 is 1.42 bits per heavy atom. The smallest absolute Gasteiger partial charge is 0.422 e. The predicted octanol–water partition coefficient (Wildman–Crippen LogP) is 5.73. The van der Waals surface area contributed by atoms with E-state index in [2.05, 4.69) is 0 Å². The van der Waals surface area contributed by atoms with Crippen molar-refractivity contribution in [2.45, 2.75) is 6.18 Å². The molecule has 2 nitrogen and oxygen atoms in total. The zero-order chi connectivity index (χ0) is 18.9. The molecule has 0 radical (unpaired) electrons. The second-order valence-electron chi connectivity index (χ2n) is 5.59. The molecule has 0 aliphatic carbocycles. The highest BCUT2D eigenvalue weighted by molar-refractivity contribution is 5.88. The Kier molecular flexibility index (Phi) is 4.71. The van der Waals surface area contributed by atoms with Gasteiger partial charge in [-0.25, -0.2) is 8.78 Å². The van der Waals surface area contributed by atoms with Crippen molar-refractivity contribution in [2.24, 2.45) is 0 Å². The Hall–Kier alpha value is -2.83. The van der Waals surface area contributed by atoms with Crippen molar-refractivity contribution < 1.29 is 31.4 Å². The van der Waals surface area contributed by atoms with Crippen molar-refractivity contribution in [3.05, 3.63) is 60.2 Å². The van der Waals surface area contributed by atoms with Crippen LogP contribution >= 0.6 is 0 Å². The lowest BCUT2D eigenvalue weighted by Crippen LogP contribution is -2.19. The molecule has 7 heteroatoms. The molecular weight excluding hydrogens is 355 g/mol. The van der Waals surface area contributed by atoms with Gasteiger partial charge in [0.15, 0.2) is 6.61 Å². The molecule has 0 unspecified atom stereocenters. The van der Waals surface area contributed by atoms with Crippen LogP contribution in [0.5, 0.6) is 11.5 Å². The first kappa shape index (κ1) is 18.0. The minimum atomic E-state index is -4.43. The molecule has 0 aliphatic rings. The minimum Gasteiger partial charge on any atom is -0.497 e. The highest BCUT2D eigenvalue weighted by Gasteiger charge is 2.28. The lowest BCUT2D eigenvalue weighted by atomic mass is 10.00. The second kappa shape index (κ2) is 6.82. The van der Waals surface area contributed by atoms with E-state index in [0.717, 1.165) is 12.1 Å². The topological polar surface area (TPSA) is 18.5 Å². The summed E-state index contributed by atoms with van der Waals surface area (Å²) in [7, 11) is 1.31. The molecule has 0 spiro atoms. The molecule has 3 aromatic rings. The second-order valence-corrected chi connectivity index (χ2v) is 5.59. The minimum absolute atomic E-state index is 0.0596. The van der Waals surface area contributed by atoms with Crippen molar-refractivity contribution in [3.63, 3.8) is 0 Å². The Labute approximate surface area is 145 Å². The fraction of sp³-hybridized carbons (Fsp3) is 0.158. The van der Waals surface area contributed by atoms with Gasteiger partial charge in [0.2, 0.25) is 0 Å². The molecule has 26 heavy (non-hydrogen) atoms. The number of fused-ring (bicyclic) bond motifs is 1. The highest BCUT2D eigenvalue weighted by Crippen LogP contribution is 2.32. The number of ether oxygens (including phenoxy) is 2. The van der Waals surface area contributed by atoms with Crippen LogP contribution in [-0.4, -0.2) is 19.9 Å². The molecule has 0 aromatic heterocycles. The summed E-state index contributed by atoms with van der Waals surface area (Å²) in [6, 6.07) is 11.1. The van der Waals surface area contributed by atoms with Gasteiger partial charge in [-0.05, 0) is 34.5 Å². The molecular formula is C19H13F5O2. The summed E-state index contributed by atoms with van der Waals surface area (Å²) < 4.78 is 74.6. The van der Waals surface area contributed by atoms with E-state index in [4.69, 9.17) is 9.47 Å². The van der Waals surface area contributed by atoms with E-state index >= 15 is 0 Å². The average molecular weight is 368 g/mol. The van der Waals surface area contributed by atoms with E-state index in [9.17, 15) is 22.0 Å².